The lowest BCUT2D eigenvalue weighted by molar-refractivity contribution is -0.122. The van der Waals surface area contributed by atoms with Gasteiger partial charge in [-0.3, -0.25) is 9.59 Å². The van der Waals surface area contributed by atoms with E-state index in [1.54, 1.807) is 19.1 Å². The number of aryl methyl sites for hydroxylation is 1. The fourth-order valence-corrected chi connectivity index (χ4v) is 3.21. The number of anilines is 1. The van der Waals surface area contributed by atoms with Gasteiger partial charge in [-0.1, -0.05) is 30.3 Å². The van der Waals surface area contributed by atoms with Crippen molar-refractivity contribution in [3.63, 3.8) is 0 Å². The van der Waals surface area contributed by atoms with E-state index in [-0.39, 0.29) is 11.8 Å². The molecule has 1 fully saturated rings. The van der Waals surface area contributed by atoms with E-state index in [1.165, 1.54) is 0 Å². The Labute approximate surface area is 160 Å². The van der Waals surface area contributed by atoms with Crippen LogP contribution in [0.1, 0.15) is 42.1 Å². The Balaban J connectivity index is 1.70. The molecular weight excluding hydrogens is 340 g/mol. The predicted octanol–water partition coefficient (Wildman–Crippen LogP) is 4.03. The molecule has 0 saturated carbocycles. The molecule has 0 spiro atoms. The summed E-state index contributed by atoms with van der Waals surface area (Å²) >= 11 is 0. The minimum Gasteiger partial charge on any atom is -0.481 e. The zero-order chi connectivity index (χ0) is 19.2. The Hall–Kier alpha value is -2.82. The summed E-state index contributed by atoms with van der Waals surface area (Å²) in [6.07, 6.45) is 2.54. The average Bonchev–Trinajstić information content (AvgIpc) is 2.70. The van der Waals surface area contributed by atoms with Gasteiger partial charge in [-0.05, 0) is 56.9 Å². The van der Waals surface area contributed by atoms with Gasteiger partial charge in [-0.2, -0.15) is 0 Å². The van der Waals surface area contributed by atoms with Crippen molar-refractivity contribution in [2.24, 2.45) is 0 Å². The first kappa shape index (κ1) is 19.0. The third kappa shape index (κ3) is 4.67. The molecule has 0 aliphatic carbocycles. The summed E-state index contributed by atoms with van der Waals surface area (Å²) in [6.45, 7) is 5.19. The van der Waals surface area contributed by atoms with Gasteiger partial charge in [0.15, 0.2) is 6.10 Å². The van der Waals surface area contributed by atoms with E-state index in [4.69, 9.17) is 4.74 Å². The molecule has 142 valence electrons. The van der Waals surface area contributed by atoms with Gasteiger partial charge in [0, 0.05) is 13.1 Å². The van der Waals surface area contributed by atoms with Crippen molar-refractivity contribution in [2.75, 3.05) is 18.4 Å². The van der Waals surface area contributed by atoms with E-state index in [2.05, 4.69) is 5.32 Å². The maximum atomic E-state index is 12.9. The van der Waals surface area contributed by atoms with Crippen molar-refractivity contribution in [2.45, 2.75) is 39.2 Å². The number of ether oxygens (including phenoxy) is 1. The van der Waals surface area contributed by atoms with Gasteiger partial charge in [0.2, 0.25) is 0 Å². The fourth-order valence-electron chi connectivity index (χ4n) is 3.21. The van der Waals surface area contributed by atoms with E-state index in [0.29, 0.717) is 17.0 Å². The number of nitrogens with zero attached hydrogens (tertiary/aromatic N) is 1. The number of piperidine rings is 1. The second-order valence-electron chi connectivity index (χ2n) is 6.91. The smallest absolute Gasteiger partial charge is 0.265 e. The zero-order valence-electron chi connectivity index (χ0n) is 15.9. The van der Waals surface area contributed by atoms with Crippen LogP contribution >= 0.6 is 0 Å². The monoisotopic (exact) mass is 366 g/mol. The standard InChI is InChI=1S/C22H26N2O3/c1-16-10-4-7-13-20(16)27-17(2)21(25)23-19-12-6-5-11-18(19)22(26)24-14-8-3-9-15-24/h4-7,10-13,17H,3,8-9,14-15H2,1-2H3,(H,23,25)/t17-/m0/s1. The van der Waals surface area contributed by atoms with Crippen LogP contribution in [0.4, 0.5) is 5.69 Å². The van der Waals surface area contributed by atoms with E-state index in [0.717, 1.165) is 37.9 Å². The normalized spacial score (nSPS) is 15.1. The van der Waals surface area contributed by atoms with Crippen LogP contribution in [-0.4, -0.2) is 35.9 Å². The van der Waals surface area contributed by atoms with Crippen LogP contribution in [0.15, 0.2) is 48.5 Å². The van der Waals surface area contributed by atoms with Crippen molar-refractivity contribution in [3.05, 3.63) is 59.7 Å². The molecule has 0 unspecified atom stereocenters. The van der Waals surface area contributed by atoms with Crippen LogP contribution in [0.25, 0.3) is 0 Å². The molecule has 2 aromatic rings. The Kier molecular flexibility index (Phi) is 6.12. The maximum Gasteiger partial charge on any atom is 0.265 e. The number of benzene rings is 2. The Morgan fingerprint density at radius 1 is 1.00 bits per heavy atom. The van der Waals surface area contributed by atoms with Gasteiger partial charge >= 0.3 is 0 Å². The molecule has 1 saturated heterocycles. The molecule has 27 heavy (non-hydrogen) atoms. The summed E-state index contributed by atoms with van der Waals surface area (Å²) in [7, 11) is 0. The minimum absolute atomic E-state index is 0.0296. The molecule has 0 bridgehead atoms. The number of likely N-dealkylation sites (tertiary alicyclic amines) is 1. The van der Waals surface area contributed by atoms with Crippen LogP contribution in [0.2, 0.25) is 0 Å². The fraction of sp³-hybridized carbons (Fsp3) is 0.364. The topological polar surface area (TPSA) is 58.6 Å². The summed E-state index contributed by atoms with van der Waals surface area (Å²) in [5.74, 6) is 0.369. The third-order valence-electron chi connectivity index (χ3n) is 4.83. The minimum atomic E-state index is -0.677. The summed E-state index contributed by atoms with van der Waals surface area (Å²) in [6, 6.07) is 14.7. The molecule has 0 aromatic heterocycles. The van der Waals surface area contributed by atoms with Crippen molar-refractivity contribution in [3.8, 4) is 5.75 Å². The Morgan fingerprint density at radius 2 is 1.67 bits per heavy atom. The second-order valence-corrected chi connectivity index (χ2v) is 6.91. The molecule has 2 aromatic carbocycles. The summed E-state index contributed by atoms with van der Waals surface area (Å²) in [5, 5.41) is 2.86. The molecule has 1 aliphatic heterocycles. The largest absolute Gasteiger partial charge is 0.481 e. The number of hydrogen-bond acceptors (Lipinski definition) is 3. The molecule has 3 rings (SSSR count). The maximum absolute atomic E-state index is 12.9. The second kappa shape index (κ2) is 8.71. The number of hydrogen-bond donors (Lipinski definition) is 1. The lowest BCUT2D eigenvalue weighted by Crippen LogP contribution is -2.36. The summed E-state index contributed by atoms with van der Waals surface area (Å²) in [4.78, 5) is 27.3. The van der Waals surface area contributed by atoms with Crippen molar-refractivity contribution >= 4 is 17.5 Å². The van der Waals surface area contributed by atoms with Gasteiger partial charge in [0.05, 0.1) is 11.3 Å². The van der Waals surface area contributed by atoms with E-state index in [9.17, 15) is 9.59 Å². The van der Waals surface area contributed by atoms with Crippen molar-refractivity contribution < 1.29 is 14.3 Å². The van der Waals surface area contributed by atoms with Gasteiger partial charge in [0.25, 0.3) is 11.8 Å². The average molecular weight is 366 g/mol. The van der Waals surface area contributed by atoms with E-state index in [1.807, 2.05) is 48.2 Å². The summed E-state index contributed by atoms with van der Waals surface area (Å²) in [5.41, 5.74) is 2.02. The Bertz CT molecular complexity index is 813. The highest BCUT2D eigenvalue weighted by molar-refractivity contribution is 6.04. The predicted molar refractivity (Wildman–Crippen MR) is 106 cm³/mol. The molecule has 1 atom stereocenters. The lowest BCUT2D eigenvalue weighted by Gasteiger charge is -2.27. The number of amides is 2. The SMILES string of the molecule is Cc1ccccc1O[C@@H](C)C(=O)Nc1ccccc1C(=O)N1CCCCC1. The lowest BCUT2D eigenvalue weighted by atomic mass is 10.1. The number of nitrogens with one attached hydrogen (secondary N) is 1. The van der Waals surface area contributed by atoms with Gasteiger partial charge in [0.1, 0.15) is 5.75 Å². The number of carbonyl (C=O) groups excluding carboxylic acids is 2. The zero-order valence-corrected chi connectivity index (χ0v) is 15.9. The van der Waals surface area contributed by atoms with Gasteiger partial charge in [-0.25, -0.2) is 0 Å². The summed E-state index contributed by atoms with van der Waals surface area (Å²) < 4.78 is 5.79. The molecule has 2 amide bonds. The first-order chi connectivity index (χ1) is 13.1. The highest BCUT2D eigenvalue weighted by Crippen LogP contribution is 2.22. The van der Waals surface area contributed by atoms with Crippen LogP contribution in [0.3, 0.4) is 0 Å². The Morgan fingerprint density at radius 3 is 2.41 bits per heavy atom. The molecule has 1 aliphatic rings. The van der Waals surface area contributed by atoms with Gasteiger partial charge < -0.3 is 15.0 Å². The molecule has 1 N–H and O–H groups in total. The number of carbonyl (C=O) groups is 2. The van der Waals surface area contributed by atoms with Crippen LogP contribution in [-0.2, 0) is 4.79 Å². The number of para-hydroxylation sites is 2. The quantitative estimate of drug-likeness (QED) is 0.869. The first-order valence-corrected chi connectivity index (χ1v) is 9.47. The number of rotatable bonds is 5. The van der Waals surface area contributed by atoms with Crippen LogP contribution < -0.4 is 10.1 Å². The van der Waals surface area contributed by atoms with Crippen molar-refractivity contribution in [1.29, 1.82) is 0 Å². The third-order valence-corrected chi connectivity index (χ3v) is 4.83. The van der Waals surface area contributed by atoms with E-state index >= 15 is 0 Å². The molecule has 0 radical (unpaired) electrons. The van der Waals surface area contributed by atoms with Crippen molar-refractivity contribution in [1.82, 2.24) is 4.90 Å². The van der Waals surface area contributed by atoms with Gasteiger partial charge in [-0.15, -0.1) is 0 Å². The molecule has 5 nitrogen and oxygen atoms in total. The highest BCUT2D eigenvalue weighted by atomic mass is 16.5. The highest BCUT2D eigenvalue weighted by Gasteiger charge is 2.23. The van der Waals surface area contributed by atoms with E-state index < -0.39 is 6.10 Å². The molecule has 5 heteroatoms. The van der Waals surface area contributed by atoms with Crippen LogP contribution in [0, 0.1) is 6.92 Å². The molecule has 1 heterocycles. The molecular formula is C22H26N2O3. The van der Waals surface area contributed by atoms with Crippen LogP contribution in [0.5, 0.6) is 5.75 Å². The first-order valence-electron chi connectivity index (χ1n) is 9.47.